The summed E-state index contributed by atoms with van der Waals surface area (Å²) in [5.41, 5.74) is 1.42. The van der Waals surface area contributed by atoms with E-state index in [0.29, 0.717) is 33.4 Å². The molecule has 0 spiro atoms. The lowest BCUT2D eigenvalue weighted by Crippen LogP contribution is -2.27. The number of thiazole rings is 2. The van der Waals surface area contributed by atoms with Crippen molar-refractivity contribution in [1.29, 1.82) is 0 Å². The molecule has 0 bridgehead atoms. The molecule has 1 saturated heterocycles. The first-order valence-electron chi connectivity index (χ1n) is 7.59. The lowest BCUT2D eigenvalue weighted by Gasteiger charge is -2.08. The monoisotopic (exact) mass is 425 g/mol. The van der Waals surface area contributed by atoms with Gasteiger partial charge < -0.3 is 10.6 Å². The van der Waals surface area contributed by atoms with Gasteiger partial charge in [-0.3, -0.25) is 9.69 Å². The quantitative estimate of drug-likeness (QED) is 0.652. The number of amides is 3. The van der Waals surface area contributed by atoms with Gasteiger partial charge in [0.15, 0.2) is 10.3 Å². The van der Waals surface area contributed by atoms with Gasteiger partial charge in [0, 0.05) is 23.8 Å². The number of halogens is 1. The molecule has 3 aromatic rings. The van der Waals surface area contributed by atoms with Crippen LogP contribution in [0, 0.1) is 0 Å². The number of hydrogen-bond acceptors (Lipinski definition) is 7. The molecule has 0 atom stereocenters. The van der Waals surface area contributed by atoms with E-state index < -0.39 is 0 Å². The van der Waals surface area contributed by atoms with E-state index in [0.717, 1.165) is 10.6 Å². The number of anilines is 2. The van der Waals surface area contributed by atoms with Crippen LogP contribution in [0.1, 0.15) is 5.69 Å². The number of urea groups is 1. The number of hydrogen-bond donors (Lipinski definition) is 2. The summed E-state index contributed by atoms with van der Waals surface area (Å²) in [4.78, 5) is 35.2. The van der Waals surface area contributed by atoms with E-state index in [2.05, 4.69) is 20.6 Å². The van der Waals surface area contributed by atoms with Gasteiger partial charge in [-0.15, -0.1) is 34.0 Å². The maximum absolute atomic E-state index is 12.2. The number of rotatable bonds is 5. The van der Waals surface area contributed by atoms with Crippen LogP contribution in [0.25, 0.3) is 10.6 Å². The number of carbonyl (C=O) groups excluding carboxylic acids is 2. The summed E-state index contributed by atoms with van der Waals surface area (Å²) in [6, 6.07) is 3.57. The fourth-order valence-electron chi connectivity index (χ4n) is 2.38. The second kappa shape index (κ2) is 7.31. The summed E-state index contributed by atoms with van der Waals surface area (Å²) in [5.74, 6) is -0.196. The number of aromatic nitrogens is 2. The van der Waals surface area contributed by atoms with E-state index in [1.54, 1.807) is 10.3 Å². The van der Waals surface area contributed by atoms with Crippen LogP contribution in [0.5, 0.6) is 0 Å². The van der Waals surface area contributed by atoms with Crippen molar-refractivity contribution in [1.82, 2.24) is 15.3 Å². The first-order chi connectivity index (χ1) is 12.6. The van der Waals surface area contributed by atoms with E-state index in [4.69, 9.17) is 11.6 Å². The molecule has 1 aliphatic heterocycles. The molecule has 4 heterocycles. The Morgan fingerprint density at radius 3 is 2.92 bits per heavy atom. The highest BCUT2D eigenvalue weighted by molar-refractivity contribution is 7.20. The standard InChI is InChI=1S/C15H12ClN5O2S3/c16-11-2-1-10(26-11)9-7-24-13(19-9)20-12(22)5-8-6-25-15(18-8)21-4-3-17-14(21)23/h1-2,6-7H,3-5H2,(H,17,23)(H,19,20,22). The average Bonchev–Trinajstić information content (AvgIpc) is 3.35. The van der Waals surface area contributed by atoms with Crippen molar-refractivity contribution in [2.24, 2.45) is 0 Å². The minimum absolute atomic E-state index is 0.131. The van der Waals surface area contributed by atoms with Gasteiger partial charge in [-0.25, -0.2) is 14.8 Å². The summed E-state index contributed by atoms with van der Waals surface area (Å²) in [6.45, 7) is 1.20. The van der Waals surface area contributed by atoms with E-state index in [1.807, 2.05) is 17.5 Å². The zero-order chi connectivity index (χ0) is 18.1. The molecule has 1 fully saturated rings. The fourth-order valence-corrected chi connectivity index (χ4v) is 5.03. The molecule has 3 amide bonds. The van der Waals surface area contributed by atoms with Gasteiger partial charge in [0.2, 0.25) is 5.91 Å². The molecule has 0 aromatic carbocycles. The van der Waals surface area contributed by atoms with Crippen molar-refractivity contribution in [3.05, 3.63) is 32.9 Å². The highest BCUT2D eigenvalue weighted by atomic mass is 35.5. The van der Waals surface area contributed by atoms with Crippen molar-refractivity contribution in [3.8, 4) is 10.6 Å². The van der Waals surface area contributed by atoms with Gasteiger partial charge in [-0.2, -0.15) is 0 Å². The fraction of sp³-hybridized carbons (Fsp3) is 0.200. The Hall–Kier alpha value is -2.01. The van der Waals surface area contributed by atoms with Gasteiger partial charge in [0.1, 0.15) is 0 Å². The first-order valence-corrected chi connectivity index (χ1v) is 10.5. The van der Waals surface area contributed by atoms with E-state index >= 15 is 0 Å². The average molecular weight is 426 g/mol. The van der Waals surface area contributed by atoms with Gasteiger partial charge in [-0.1, -0.05) is 11.6 Å². The maximum Gasteiger partial charge on any atom is 0.323 e. The third-order valence-corrected chi connectivity index (χ3v) is 6.47. The molecule has 0 unspecified atom stereocenters. The minimum Gasteiger partial charge on any atom is -0.336 e. The molecule has 134 valence electrons. The van der Waals surface area contributed by atoms with E-state index in [9.17, 15) is 9.59 Å². The van der Waals surface area contributed by atoms with Gasteiger partial charge >= 0.3 is 6.03 Å². The maximum atomic E-state index is 12.2. The Morgan fingerprint density at radius 1 is 1.31 bits per heavy atom. The summed E-state index contributed by atoms with van der Waals surface area (Å²) >= 11 is 10.1. The van der Waals surface area contributed by atoms with E-state index in [1.165, 1.54) is 34.0 Å². The van der Waals surface area contributed by atoms with Gasteiger partial charge in [0.25, 0.3) is 0 Å². The molecule has 4 rings (SSSR count). The SMILES string of the molecule is O=C(Cc1csc(N2CCNC2=O)n1)Nc1nc(-c2ccc(Cl)s2)cs1. The molecule has 1 aliphatic rings. The summed E-state index contributed by atoms with van der Waals surface area (Å²) in [6.07, 6.45) is 0.131. The third-order valence-electron chi connectivity index (χ3n) is 3.55. The normalized spacial score (nSPS) is 13.9. The predicted molar refractivity (Wildman–Crippen MR) is 106 cm³/mol. The van der Waals surface area contributed by atoms with E-state index in [-0.39, 0.29) is 18.4 Å². The molecule has 0 aliphatic carbocycles. The predicted octanol–water partition coefficient (Wildman–Crippen LogP) is 3.69. The van der Waals surface area contributed by atoms with Crippen molar-refractivity contribution < 1.29 is 9.59 Å². The highest BCUT2D eigenvalue weighted by Crippen LogP contribution is 2.33. The summed E-state index contributed by atoms with van der Waals surface area (Å²) < 4.78 is 0.699. The van der Waals surface area contributed by atoms with Crippen LogP contribution in [0.3, 0.4) is 0 Å². The Balaban J connectivity index is 1.38. The van der Waals surface area contributed by atoms with Crippen molar-refractivity contribution in [3.63, 3.8) is 0 Å². The molecule has 26 heavy (non-hydrogen) atoms. The van der Waals surface area contributed by atoms with Crippen LogP contribution >= 0.6 is 45.6 Å². The number of nitrogens with one attached hydrogen (secondary N) is 2. The van der Waals surface area contributed by atoms with Crippen molar-refractivity contribution in [2.45, 2.75) is 6.42 Å². The lowest BCUT2D eigenvalue weighted by atomic mass is 10.3. The zero-order valence-corrected chi connectivity index (χ0v) is 16.4. The van der Waals surface area contributed by atoms with Crippen LogP contribution < -0.4 is 15.5 Å². The smallest absolute Gasteiger partial charge is 0.323 e. The van der Waals surface area contributed by atoms with Crippen molar-refractivity contribution in [2.75, 3.05) is 23.3 Å². The molecule has 3 aromatic heterocycles. The molecule has 0 saturated carbocycles. The van der Waals surface area contributed by atoms with Gasteiger partial charge in [0.05, 0.1) is 27.0 Å². The zero-order valence-electron chi connectivity index (χ0n) is 13.2. The molecular weight excluding hydrogens is 414 g/mol. The minimum atomic E-state index is -0.196. The topological polar surface area (TPSA) is 87.2 Å². The van der Waals surface area contributed by atoms with Crippen LogP contribution in [0.4, 0.5) is 15.1 Å². The summed E-state index contributed by atoms with van der Waals surface area (Å²) in [7, 11) is 0. The Kier molecular flexibility index (Phi) is 4.90. The van der Waals surface area contributed by atoms with Crippen LogP contribution in [0.2, 0.25) is 4.34 Å². The lowest BCUT2D eigenvalue weighted by molar-refractivity contribution is -0.115. The first kappa shape index (κ1) is 17.4. The number of thiophene rings is 1. The third kappa shape index (κ3) is 3.73. The second-order valence-electron chi connectivity index (χ2n) is 5.37. The molecule has 11 heteroatoms. The van der Waals surface area contributed by atoms with Crippen molar-refractivity contribution >= 4 is 67.8 Å². The summed E-state index contributed by atoms with van der Waals surface area (Å²) in [5, 5.41) is 10.3. The van der Waals surface area contributed by atoms with Crippen LogP contribution in [-0.4, -0.2) is 35.0 Å². The molecular formula is C15H12ClN5O2S3. The molecule has 2 N–H and O–H groups in total. The number of nitrogens with zero attached hydrogens (tertiary/aromatic N) is 3. The number of carbonyl (C=O) groups is 2. The Morgan fingerprint density at radius 2 is 2.19 bits per heavy atom. The largest absolute Gasteiger partial charge is 0.336 e. The second-order valence-corrected chi connectivity index (χ2v) is 8.78. The molecule has 7 nitrogen and oxygen atoms in total. The van der Waals surface area contributed by atoms with Gasteiger partial charge in [-0.05, 0) is 12.1 Å². The van der Waals surface area contributed by atoms with Crippen LogP contribution in [-0.2, 0) is 11.2 Å². The highest BCUT2D eigenvalue weighted by Gasteiger charge is 2.24. The Labute approximate surface area is 165 Å². The molecule has 0 radical (unpaired) electrons. The Bertz CT molecular complexity index is 966. The van der Waals surface area contributed by atoms with Crippen LogP contribution in [0.15, 0.2) is 22.9 Å².